The Morgan fingerprint density at radius 3 is 2.45 bits per heavy atom. The van der Waals surface area contributed by atoms with Crippen LogP contribution in [0.25, 0.3) is 16.9 Å². The summed E-state index contributed by atoms with van der Waals surface area (Å²) in [6, 6.07) is 17.5. The van der Waals surface area contributed by atoms with Crippen LogP contribution in [0, 0.1) is 0 Å². The predicted octanol–water partition coefficient (Wildman–Crippen LogP) is 3.13. The summed E-state index contributed by atoms with van der Waals surface area (Å²) in [6.07, 6.45) is 1.77. The van der Waals surface area contributed by atoms with Crippen molar-refractivity contribution in [3.8, 4) is 22.7 Å². The molecule has 2 N–H and O–H groups in total. The Bertz CT molecular complexity index is 717. The topological polar surface area (TPSA) is 53.1 Å². The molecule has 0 fully saturated rings. The molecule has 0 unspecified atom stereocenters. The summed E-state index contributed by atoms with van der Waals surface area (Å²) in [7, 11) is 1.65. The molecular weight excluding hydrogens is 250 g/mol. The Balaban J connectivity index is 2.08. The van der Waals surface area contributed by atoms with Crippen molar-refractivity contribution in [2.75, 3.05) is 12.8 Å². The highest BCUT2D eigenvalue weighted by molar-refractivity contribution is 5.74. The lowest BCUT2D eigenvalue weighted by molar-refractivity contribution is 0.414. The van der Waals surface area contributed by atoms with Crippen molar-refractivity contribution in [1.82, 2.24) is 9.78 Å². The summed E-state index contributed by atoms with van der Waals surface area (Å²) in [5.74, 6) is 0.821. The third kappa shape index (κ3) is 2.12. The lowest BCUT2D eigenvalue weighted by Crippen LogP contribution is -2.00. The fourth-order valence-corrected chi connectivity index (χ4v) is 2.17. The first-order chi connectivity index (χ1) is 9.79. The molecule has 0 bridgehead atoms. The van der Waals surface area contributed by atoms with Gasteiger partial charge in [-0.15, -0.1) is 0 Å². The summed E-state index contributed by atoms with van der Waals surface area (Å²) in [5.41, 5.74) is 9.69. The Kier molecular flexibility index (Phi) is 3.13. The number of aromatic nitrogens is 2. The van der Waals surface area contributed by atoms with E-state index < -0.39 is 0 Å². The molecule has 20 heavy (non-hydrogen) atoms. The van der Waals surface area contributed by atoms with E-state index in [9.17, 15) is 0 Å². The van der Waals surface area contributed by atoms with Gasteiger partial charge in [0.15, 0.2) is 0 Å². The van der Waals surface area contributed by atoms with E-state index in [-0.39, 0.29) is 0 Å². The maximum atomic E-state index is 6.04. The molecule has 100 valence electrons. The molecule has 3 rings (SSSR count). The zero-order valence-electron chi connectivity index (χ0n) is 11.2. The molecule has 0 saturated carbocycles. The molecule has 0 saturated heterocycles. The van der Waals surface area contributed by atoms with Crippen molar-refractivity contribution in [3.63, 3.8) is 0 Å². The first-order valence-corrected chi connectivity index (χ1v) is 6.33. The van der Waals surface area contributed by atoms with Crippen LogP contribution in [-0.2, 0) is 0 Å². The molecule has 2 aromatic carbocycles. The van der Waals surface area contributed by atoms with E-state index in [4.69, 9.17) is 10.5 Å². The van der Waals surface area contributed by atoms with Gasteiger partial charge in [0.1, 0.15) is 5.75 Å². The van der Waals surface area contributed by atoms with Crippen LogP contribution in [-0.4, -0.2) is 16.9 Å². The van der Waals surface area contributed by atoms with Crippen molar-refractivity contribution < 1.29 is 4.74 Å². The molecule has 1 aromatic heterocycles. The minimum atomic E-state index is 0.739. The lowest BCUT2D eigenvalue weighted by Gasteiger charge is -2.10. The van der Waals surface area contributed by atoms with Gasteiger partial charge < -0.3 is 10.5 Å². The van der Waals surface area contributed by atoms with Crippen LogP contribution in [0.4, 0.5) is 5.69 Å². The number of hydrogen-bond acceptors (Lipinski definition) is 3. The number of hydrogen-bond donors (Lipinski definition) is 1. The number of anilines is 1. The van der Waals surface area contributed by atoms with Crippen molar-refractivity contribution in [3.05, 3.63) is 60.8 Å². The highest BCUT2D eigenvalue weighted by Crippen LogP contribution is 2.27. The molecule has 3 aromatic rings. The molecule has 4 heteroatoms. The summed E-state index contributed by atoms with van der Waals surface area (Å²) >= 11 is 0. The SMILES string of the molecule is COc1ccc(-n2nccc2-c2ccccc2N)cc1. The number of methoxy groups -OCH3 is 1. The third-order valence-electron chi connectivity index (χ3n) is 3.20. The van der Waals surface area contributed by atoms with E-state index in [1.165, 1.54) is 0 Å². The quantitative estimate of drug-likeness (QED) is 0.740. The Morgan fingerprint density at radius 2 is 1.75 bits per heavy atom. The molecule has 0 aliphatic heterocycles. The first-order valence-electron chi connectivity index (χ1n) is 6.33. The minimum absolute atomic E-state index is 0.739. The Morgan fingerprint density at radius 1 is 1.00 bits per heavy atom. The Hall–Kier alpha value is -2.75. The van der Waals surface area contributed by atoms with E-state index in [0.717, 1.165) is 28.4 Å². The zero-order chi connectivity index (χ0) is 13.9. The number of benzene rings is 2. The van der Waals surface area contributed by atoms with Crippen LogP contribution in [0.5, 0.6) is 5.75 Å². The van der Waals surface area contributed by atoms with Crippen molar-refractivity contribution >= 4 is 5.69 Å². The summed E-state index contributed by atoms with van der Waals surface area (Å²) in [5, 5.41) is 4.38. The van der Waals surface area contributed by atoms with Crippen LogP contribution in [0.15, 0.2) is 60.8 Å². The minimum Gasteiger partial charge on any atom is -0.497 e. The number of nitrogens with two attached hydrogens (primary N) is 1. The van der Waals surface area contributed by atoms with Gasteiger partial charge in [0.25, 0.3) is 0 Å². The second kappa shape index (κ2) is 5.09. The van der Waals surface area contributed by atoms with E-state index in [1.807, 2.05) is 59.3 Å². The summed E-state index contributed by atoms with van der Waals surface area (Å²) < 4.78 is 7.04. The molecule has 0 radical (unpaired) electrons. The van der Waals surface area contributed by atoms with Gasteiger partial charge in [-0.2, -0.15) is 5.10 Å². The highest BCUT2D eigenvalue weighted by Gasteiger charge is 2.09. The van der Waals surface area contributed by atoms with Crippen molar-refractivity contribution in [1.29, 1.82) is 0 Å². The number of nitrogens with zero attached hydrogens (tertiary/aromatic N) is 2. The zero-order valence-corrected chi connectivity index (χ0v) is 11.2. The van der Waals surface area contributed by atoms with Crippen LogP contribution in [0.1, 0.15) is 0 Å². The van der Waals surface area contributed by atoms with Gasteiger partial charge in [0.05, 0.1) is 24.7 Å². The molecule has 0 atom stereocenters. The summed E-state index contributed by atoms with van der Waals surface area (Å²) in [4.78, 5) is 0. The second-order valence-electron chi connectivity index (χ2n) is 4.41. The van der Waals surface area contributed by atoms with Gasteiger partial charge in [0, 0.05) is 11.3 Å². The van der Waals surface area contributed by atoms with Gasteiger partial charge >= 0.3 is 0 Å². The van der Waals surface area contributed by atoms with Gasteiger partial charge in [0.2, 0.25) is 0 Å². The van der Waals surface area contributed by atoms with E-state index in [2.05, 4.69) is 5.10 Å². The molecule has 4 nitrogen and oxygen atoms in total. The molecule has 0 aliphatic carbocycles. The smallest absolute Gasteiger partial charge is 0.119 e. The predicted molar refractivity (Wildman–Crippen MR) is 80.0 cm³/mol. The lowest BCUT2D eigenvalue weighted by atomic mass is 10.1. The number of ether oxygens (including phenoxy) is 1. The van der Waals surface area contributed by atoms with Gasteiger partial charge in [-0.25, -0.2) is 4.68 Å². The normalized spacial score (nSPS) is 10.4. The molecule has 0 aliphatic rings. The molecule has 1 heterocycles. The second-order valence-corrected chi connectivity index (χ2v) is 4.41. The molecular formula is C16H15N3O. The number of nitrogen functional groups attached to an aromatic ring is 1. The highest BCUT2D eigenvalue weighted by atomic mass is 16.5. The van der Waals surface area contributed by atoms with E-state index >= 15 is 0 Å². The fraction of sp³-hybridized carbons (Fsp3) is 0.0625. The van der Waals surface area contributed by atoms with Crippen LogP contribution < -0.4 is 10.5 Å². The third-order valence-corrected chi connectivity index (χ3v) is 3.20. The maximum absolute atomic E-state index is 6.04. The molecule has 0 amide bonds. The monoisotopic (exact) mass is 265 g/mol. The van der Waals surface area contributed by atoms with E-state index in [1.54, 1.807) is 13.3 Å². The maximum Gasteiger partial charge on any atom is 0.119 e. The number of para-hydroxylation sites is 1. The van der Waals surface area contributed by atoms with E-state index in [0.29, 0.717) is 0 Å². The van der Waals surface area contributed by atoms with Crippen LogP contribution in [0.2, 0.25) is 0 Å². The average Bonchev–Trinajstić information content (AvgIpc) is 2.97. The largest absolute Gasteiger partial charge is 0.497 e. The molecule has 0 spiro atoms. The Labute approximate surface area is 117 Å². The number of rotatable bonds is 3. The first kappa shape index (κ1) is 12.3. The van der Waals surface area contributed by atoms with Crippen molar-refractivity contribution in [2.45, 2.75) is 0 Å². The van der Waals surface area contributed by atoms with Crippen LogP contribution in [0.3, 0.4) is 0 Å². The van der Waals surface area contributed by atoms with Gasteiger partial charge in [-0.3, -0.25) is 0 Å². The van der Waals surface area contributed by atoms with Crippen molar-refractivity contribution in [2.24, 2.45) is 0 Å². The van der Waals surface area contributed by atoms with Gasteiger partial charge in [-0.1, -0.05) is 18.2 Å². The van der Waals surface area contributed by atoms with Gasteiger partial charge in [-0.05, 0) is 36.4 Å². The fourth-order valence-electron chi connectivity index (χ4n) is 2.17. The van der Waals surface area contributed by atoms with Crippen LogP contribution >= 0.6 is 0 Å². The standard InChI is InChI=1S/C16H15N3O/c1-20-13-8-6-12(7-9-13)19-16(10-11-18-19)14-4-2-3-5-15(14)17/h2-11H,17H2,1H3. The average molecular weight is 265 g/mol. The summed E-state index contributed by atoms with van der Waals surface area (Å²) in [6.45, 7) is 0.